The zero-order valence-corrected chi connectivity index (χ0v) is 14.2. The van der Waals surface area contributed by atoms with Crippen LogP contribution in [0.15, 0.2) is 37.1 Å². The van der Waals surface area contributed by atoms with Gasteiger partial charge in [-0.3, -0.25) is 4.79 Å². The SMILES string of the molecule is C=CC(=O)N(Cc1cnc(C(C)O)s1)C(C)c1ccc(F)cc1F. The summed E-state index contributed by atoms with van der Waals surface area (Å²) in [5.41, 5.74) is 0.215. The molecule has 0 radical (unpaired) electrons. The first-order valence-corrected chi connectivity index (χ1v) is 8.15. The molecular formula is C17H18F2N2O2S. The van der Waals surface area contributed by atoms with Gasteiger partial charge in [-0.15, -0.1) is 11.3 Å². The van der Waals surface area contributed by atoms with Crippen molar-refractivity contribution in [3.05, 3.63) is 64.1 Å². The minimum absolute atomic E-state index is 0.188. The van der Waals surface area contributed by atoms with Gasteiger partial charge >= 0.3 is 0 Å². The highest BCUT2D eigenvalue weighted by atomic mass is 32.1. The number of carbonyl (C=O) groups is 1. The summed E-state index contributed by atoms with van der Waals surface area (Å²) in [7, 11) is 0. The predicted molar refractivity (Wildman–Crippen MR) is 88.3 cm³/mol. The van der Waals surface area contributed by atoms with Crippen molar-refractivity contribution in [3.63, 3.8) is 0 Å². The molecule has 0 aliphatic carbocycles. The standard InChI is InChI=1S/C17H18F2N2O2S/c1-4-16(23)21(9-13-8-20-17(24-13)11(3)22)10(2)14-6-5-12(18)7-15(14)19/h4-8,10-11,22H,1,9H2,2-3H3. The molecule has 24 heavy (non-hydrogen) atoms. The van der Waals surface area contributed by atoms with Crippen molar-refractivity contribution in [2.75, 3.05) is 0 Å². The average molecular weight is 352 g/mol. The predicted octanol–water partition coefficient (Wildman–Crippen LogP) is 3.75. The van der Waals surface area contributed by atoms with Crippen molar-refractivity contribution in [2.45, 2.75) is 32.5 Å². The number of carbonyl (C=O) groups excluding carboxylic acids is 1. The van der Waals surface area contributed by atoms with Crippen LogP contribution in [0, 0.1) is 11.6 Å². The summed E-state index contributed by atoms with van der Waals surface area (Å²) < 4.78 is 27.1. The minimum Gasteiger partial charge on any atom is -0.386 e. The van der Waals surface area contributed by atoms with E-state index in [-0.39, 0.29) is 18.0 Å². The Morgan fingerprint density at radius 1 is 1.46 bits per heavy atom. The highest BCUT2D eigenvalue weighted by molar-refractivity contribution is 7.11. The molecule has 1 N–H and O–H groups in total. The molecule has 0 saturated carbocycles. The number of aliphatic hydroxyl groups excluding tert-OH is 1. The second-order valence-electron chi connectivity index (χ2n) is 5.35. The number of benzene rings is 1. The number of hydrogen-bond acceptors (Lipinski definition) is 4. The average Bonchev–Trinajstić information content (AvgIpc) is 3.00. The van der Waals surface area contributed by atoms with Gasteiger partial charge in [0.1, 0.15) is 22.7 Å². The fraction of sp³-hybridized carbons (Fsp3) is 0.294. The monoisotopic (exact) mass is 352 g/mol. The van der Waals surface area contributed by atoms with Gasteiger partial charge in [0.2, 0.25) is 5.91 Å². The number of aliphatic hydroxyl groups is 1. The first kappa shape index (κ1) is 18.2. The zero-order chi connectivity index (χ0) is 17.9. The van der Waals surface area contributed by atoms with Crippen LogP contribution in [-0.2, 0) is 11.3 Å². The number of amides is 1. The summed E-state index contributed by atoms with van der Waals surface area (Å²) in [5, 5.41) is 10.1. The third kappa shape index (κ3) is 4.04. The molecule has 1 aromatic heterocycles. The van der Waals surface area contributed by atoms with Crippen LogP contribution in [0.2, 0.25) is 0 Å². The number of halogens is 2. The Morgan fingerprint density at radius 2 is 2.17 bits per heavy atom. The summed E-state index contributed by atoms with van der Waals surface area (Å²) >= 11 is 1.27. The Balaban J connectivity index is 2.30. The minimum atomic E-state index is -0.710. The van der Waals surface area contributed by atoms with Crippen LogP contribution in [0.1, 0.15) is 41.4 Å². The second-order valence-corrected chi connectivity index (χ2v) is 6.50. The number of nitrogens with zero attached hydrogens (tertiary/aromatic N) is 2. The first-order chi connectivity index (χ1) is 11.3. The molecule has 2 aromatic rings. The normalized spacial score (nSPS) is 13.4. The molecule has 2 atom stereocenters. The maximum Gasteiger partial charge on any atom is 0.246 e. The van der Waals surface area contributed by atoms with Gasteiger partial charge in [-0.05, 0) is 26.0 Å². The van der Waals surface area contributed by atoms with Gasteiger partial charge in [0.15, 0.2) is 0 Å². The molecule has 0 saturated heterocycles. The van der Waals surface area contributed by atoms with Crippen molar-refractivity contribution in [2.24, 2.45) is 0 Å². The lowest BCUT2D eigenvalue weighted by molar-refractivity contribution is -0.128. The van der Waals surface area contributed by atoms with Crippen LogP contribution >= 0.6 is 11.3 Å². The van der Waals surface area contributed by atoms with E-state index in [1.165, 1.54) is 22.3 Å². The van der Waals surface area contributed by atoms with Crippen molar-refractivity contribution >= 4 is 17.2 Å². The van der Waals surface area contributed by atoms with E-state index in [9.17, 15) is 18.7 Å². The highest BCUT2D eigenvalue weighted by Gasteiger charge is 2.23. The number of rotatable bonds is 6. The van der Waals surface area contributed by atoms with E-state index in [1.807, 2.05) is 0 Å². The Labute approximate surface area is 143 Å². The summed E-state index contributed by atoms with van der Waals surface area (Å²) in [6.45, 7) is 6.92. The highest BCUT2D eigenvalue weighted by Crippen LogP contribution is 2.28. The molecule has 2 rings (SSSR count). The van der Waals surface area contributed by atoms with E-state index in [2.05, 4.69) is 11.6 Å². The van der Waals surface area contributed by atoms with Crippen molar-refractivity contribution < 1.29 is 18.7 Å². The Hall–Kier alpha value is -2.12. The zero-order valence-electron chi connectivity index (χ0n) is 13.4. The van der Waals surface area contributed by atoms with Gasteiger partial charge in [0.05, 0.1) is 12.6 Å². The summed E-state index contributed by atoms with van der Waals surface area (Å²) in [6.07, 6.45) is 2.03. The third-order valence-corrected chi connectivity index (χ3v) is 4.75. The Bertz CT molecular complexity index is 746. The fourth-order valence-electron chi connectivity index (χ4n) is 2.29. The van der Waals surface area contributed by atoms with Gasteiger partial charge in [0, 0.05) is 22.7 Å². The van der Waals surface area contributed by atoms with Crippen LogP contribution < -0.4 is 0 Å². The van der Waals surface area contributed by atoms with E-state index < -0.39 is 23.8 Å². The Kier molecular flexibility index (Phi) is 5.80. The largest absolute Gasteiger partial charge is 0.386 e. The van der Waals surface area contributed by atoms with Gasteiger partial charge in [-0.2, -0.15) is 0 Å². The van der Waals surface area contributed by atoms with Crippen LogP contribution in [-0.4, -0.2) is 20.9 Å². The molecule has 1 aromatic carbocycles. The van der Waals surface area contributed by atoms with Gasteiger partial charge in [-0.25, -0.2) is 13.8 Å². The van der Waals surface area contributed by atoms with E-state index in [0.717, 1.165) is 23.1 Å². The number of thiazole rings is 1. The maximum absolute atomic E-state index is 14.0. The van der Waals surface area contributed by atoms with Crippen molar-refractivity contribution in [1.29, 1.82) is 0 Å². The molecule has 1 amide bonds. The fourth-order valence-corrected chi connectivity index (χ4v) is 3.14. The summed E-state index contributed by atoms with van der Waals surface area (Å²) in [6, 6.07) is 2.66. The molecule has 0 bridgehead atoms. The molecule has 0 aliphatic rings. The lowest BCUT2D eigenvalue weighted by Crippen LogP contribution is -2.32. The lowest BCUT2D eigenvalue weighted by Gasteiger charge is -2.28. The topological polar surface area (TPSA) is 53.4 Å². The Morgan fingerprint density at radius 3 is 2.71 bits per heavy atom. The molecule has 128 valence electrons. The second kappa shape index (κ2) is 7.63. The van der Waals surface area contributed by atoms with Gasteiger partial charge in [-0.1, -0.05) is 12.6 Å². The molecule has 4 nitrogen and oxygen atoms in total. The van der Waals surface area contributed by atoms with Crippen LogP contribution in [0.25, 0.3) is 0 Å². The van der Waals surface area contributed by atoms with E-state index >= 15 is 0 Å². The van der Waals surface area contributed by atoms with Gasteiger partial charge < -0.3 is 10.0 Å². The third-order valence-electron chi connectivity index (χ3n) is 3.59. The molecule has 1 heterocycles. The molecule has 0 spiro atoms. The van der Waals surface area contributed by atoms with Gasteiger partial charge in [0.25, 0.3) is 0 Å². The van der Waals surface area contributed by atoms with Crippen molar-refractivity contribution in [3.8, 4) is 0 Å². The molecular weight excluding hydrogens is 334 g/mol. The van der Waals surface area contributed by atoms with Crippen molar-refractivity contribution in [1.82, 2.24) is 9.88 Å². The van der Waals surface area contributed by atoms with Crippen LogP contribution in [0.5, 0.6) is 0 Å². The molecule has 0 fully saturated rings. The summed E-state index contributed by atoms with van der Waals surface area (Å²) in [4.78, 5) is 18.5. The smallest absolute Gasteiger partial charge is 0.246 e. The lowest BCUT2D eigenvalue weighted by atomic mass is 10.1. The number of aromatic nitrogens is 1. The van der Waals surface area contributed by atoms with Crippen LogP contribution in [0.3, 0.4) is 0 Å². The quantitative estimate of drug-likeness (QED) is 0.806. The molecule has 0 aliphatic heterocycles. The maximum atomic E-state index is 14.0. The van der Waals surface area contributed by atoms with Crippen LogP contribution in [0.4, 0.5) is 8.78 Å². The van der Waals surface area contributed by atoms with E-state index in [1.54, 1.807) is 20.0 Å². The first-order valence-electron chi connectivity index (χ1n) is 7.34. The summed E-state index contributed by atoms with van der Waals surface area (Å²) in [5.74, 6) is -1.76. The molecule has 7 heteroatoms. The number of hydrogen-bond donors (Lipinski definition) is 1. The van der Waals surface area contributed by atoms with E-state index in [0.29, 0.717) is 5.01 Å². The molecule has 2 unspecified atom stereocenters. The van der Waals surface area contributed by atoms with E-state index in [4.69, 9.17) is 0 Å².